The number of likely N-dealkylation sites (tertiary alicyclic amines) is 1. The van der Waals surface area contributed by atoms with Crippen molar-refractivity contribution >= 4 is 26.8 Å². The number of aromatic nitrogens is 1. The molecule has 24 heavy (non-hydrogen) atoms. The zero-order chi connectivity index (χ0) is 16.6. The van der Waals surface area contributed by atoms with Crippen molar-refractivity contribution in [2.75, 3.05) is 26.2 Å². The largest absolute Gasteiger partial charge is 0.368 e. The third kappa shape index (κ3) is 2.77. The lowest BCUT2D eigenvalue weighted by Crippen LogP contribution is -2.46. The summed E-state index contributed by atoms with van der Waals surface area (Å²) in [6.07, 6.45) is 4.66. The third-order valence-corrected chi connectivity index (χ3v) is 5.97. The van der Waals surface area contributed by atoms with Gasteiger partial charge in [0, 0.05) is 34.9 Å². The molecule has 126 valence electrons. The van der Waals surface area contributed by atoms with Crippen LogP contribution in [-0.4, -0.2) is 36.1 Å². The number of rotatable bonds is 3. The van der Waals surface area contributed by atoms with Crippen LogP contribution in [0, 0.1) is 11.3 Å². The Morgan fingerprint density at radius 3 is 2.96 bits per heavy atom. The number of halogens is 1. The molecule has 4 nitrogen and oxygen atoms in total. The van der Waals surface area contributed by atoms with E-state index in [1.165, 1.54) is 22.2 Å². The fourth-order valence-electron chi connectivity index (χ4n) is 4.20. The number of hydrogen-bond donors (Lipinski definition) is 1. The van der Waals surface area contributed by atoms with Crippen molar-refractivity contribution in [2.24, 2.45) is 0 Å². The molecule has 0 aliphatic carbocycles. The molecule has 0 saturated carbocycles. The van der Waals surface area contributed by atoms with Gasteiger partial charge >= 0.3 is 0 Å². The lowest BCUT2D eigenvalue weighted by molar-refractivity contribution is -0.100. The van der Waals surface area contributed by atoms with Gasteiger partial charge in [-0.15, -0.1) is 0 Å². The SMILES string of the molecule is N#CCCCN1CCC2(CC1)OCCc1c2[nH]c2ccc(Br)cc12. The molecule has 2 aliphatic rings. The van der Waals surface area contributed by atoms with Gasteiger partial charge in [0.05, 0.1) is 18.4 Å². The summed E-state index contributed by atoms with van der Waals surface area (Å²) in [4.78, 5) is 6.14. The zero-order valence-corrected chi connectivity index (χ0v) is 15.4. The number of ether oxygens (including phenoxy) is 1. The molecule has 0 bridgehead atoms. The standard InChI is InChI=1S/C19H22BrN3O/c20-14-3-4-17-16(13-14)15-5-12-24-19(18(15)22-17)6-10-23(11-7-19)9-2-1-8-21/h3-4,13,22H,1-2,5-7,9-12H2. The summed E-state index contributed by atoms with van der Waals surface area (Å²) >= 11 is 3.60. The maximum absolute atomic E-state index is 8.70. The van der Waals surface area contributed by atoms with Gasteiger partial charge in [-0.3, -0.25) is 0 Å². The van der Waals surface area contributed by atoms with E-state index < -0.39 is 0 Å². The number of hydrogen-bond acceptors (Lipinski definition) is 3. The number of H-pyrrole nitrogens is 1. The van der Waals surface area contributed by atoms with Crippen molar-refractivity contribution < 1.29 is 4.74 Å². The highest BCUT2D eigenvalue weighted by Gasteiger charge is 2.42. The summed E-state index contributed by atoms with van der Waals surface area (Å²) in [6, 6.07) is 8.71. The molecule has 1 aromatic heterocycles. The number of nitriles is 1. The second-order valence-electron chi connectivity index (χ2n) is 6.86. The van der Waals surface area contributed by atoms with Crippen LogP contribution < -0.4 is 0 Å². The monoisotopic (exact) mass is 387 g/mol. The van der Waals surface area contributed by atoms with Gasteiger partial charge in [0.2, 0.25) is 0 Å². The Morgan fingerprint density at radius 2 is 2.17 bits per heavy atom. The van der Waals surface area contributed by atoms with Gasteiger partial charge in [-0.2, -0.15) is 5.26 Å². The predicted octanol–water partition coefficient (Wildman–Crippen LogP) is 4.10. The van der Waals surface area contributed by atoms with Crippen molar-refractivity contribution in [1.29, 1.82) is 5.26 Å². The van der Waals surface area contributed by atoms with E-state index in [4.69, 9.17) is 10.00 Å². The Morgan fingerprint density at radius 1 is 1.33 bits per heavy atom. The van der Waals surface area contributed by atoms with E-state index in [0.717, 1.165) is 56.4 Å². The van der Waals surface area contributed by atoms with Gasteiger partial charge in [-0.1, -0.05) is 15.9 Å². The average molecular weight is 388 g/mol. The van der Waals surface area contributed by atoms with Gasteiger partial charge in [0.15, 0.2) is 0 Å². The first-order valence-corrected chi connectivity index (χ1v) is 9.55. The topological polar surface area (TPSA) is 52.1 Å². The number of piperidine rings is 1. The summed E-state index contributed by atoms with van der Waals surface area (Å²) in [5, 5.41) is 10.0. The van der Waals surface area contributed by atoms with Crippen molar-refractivity contribution in [2.45, 2.75) is 37.7 Å². The minimum Gasteiger partial charge on any atom is -0.368 e. The second kappa shape index (κ2) is 6.51. The molecule has 0 radical (unpaired) electrons. The molecule has 0 unspecified atom stereocenters. The van der Waals surface area contributed by atoms with Crippen molar-refractivity contribution in [3.8, 4) is 6.07 Å². The molecule has 1 saturated heterocycles. The number of unbranched alkanes of at least 4 members (excludes halogenated alkanes) is 1. The fourth-order valence-corrected chi connectivity index (χ4v) is 4.56. The first-order chi connectivity index (χ1) is 11.7. The van der Waals surface area contributed by atoms with E-state index in [9.17, 15) is 0 Å². The van der Waals surface area contributed by atoms with E-state index in [-0.39, 0.29) is 5.60 Å². The summed E-state index contributed by atoms with van der Waals surface area (Å²) in [6.45, 7) is 3.92. The van der Waals surface area contributed by atoms with Crippen LogP contribution in [0.5, 0.6) is 0 Å². The molecule has 1 aromatic carbocycles. The summed E-state index contributed by atoms with van der Waals surface area (Å²) in [5.74, 6) is 0. The van der Waals surface area contributed by atoms with Crippen LogP contribution in [0.3, 0.4) is 0 Å². The van der Waals surface area contributed by atoms with Crippen LogP contribution in [0.4, 0.5) is 0 Å². The predicted molar refractivity (Wildman–Crippen MR) is 97.9 cm³/mol. The molecule has 1 fully saturated rings. The van der Waals surface area contributed by atoms with Gasteiger partial charge in [0.25, 0.3) is 0 Å². The average Bonchev–Trinajstić information content (AvgIpc) is 2.97. The van der Waals surface area contributed by atoms with Crippen LogP contribution in [0.2, 0.25) is 0 Å². The molecule has 5 heteroatoms. The van der Waals surface area contributed by atoms with Crippen molar-refractivity contribution in [3.63, 3.8) is 0 Å². The minimum atomic E-state index is -0.148. The van der Waals surface area contributed by atoms with Gasteiger partial charge < -0.3 is 14.6 Å². The highest BCUT2D eigenvalue weighted by Crippen LogP contribution is 2.43. The number of nitrogens with zero attached hydrogens (tertiary/aromatic N) is 2. The Bertz CT molecular complexity index is 784. The summed E-state index contributed by atoms with van der Waals surface area (Å²) in [7, 11) is 0. The van der Waals surface area contributed by atoms with E-state index in [0.29, 0.717) is 6.42 Å². The molecule has 1 N–H and O–H groups in total. The van der Waals surface area contributed by atoms with Crippen LogP contribution in [0.15, 0.2) is 22.7 Å². The molecule has 2 aromatic rings. The highest BCUT2D eigenvalue weighted by atomic mass is 79.9. The summed E-state index contributed by atoms with van der Waals surface area (Å²) < 4.78 is 7.47. The Kier molecular flexibility index (Phi) is 4.38. The highest BCUT2D eigenvalue weighted by molar-refractivity contribution is 9.10. The first-order valence-electron chi connectivity index (χ1n) is 8.76. The zero-order valence-electron chi connectivity index (χ0n) is 13.8. The smallest absolute Gasteiger partial charge is 0.110 e. The maximum Gasteiger partial charge on any atom is 0.110 e. The van der Waals surface area contributed by atoms with Crippen molar-refractivity contribution in [3.05, 3.63) is 33.9 Å². The van der Waals surface area contributed by atoms with Gasteiger partial charge in [0.1, 0.15) is 5.60 Å². The molecule has 1 spiro atoms. The number of benzene rings is 1. The fraction of sp³-hybridized carbons (Fsp3) is 0.526. The Labute approximate surface area is 150 Å². The quantitative estimate of drug-likeness (QED) is 0.806. The van der Waals surface area contributed by atoms with Crippen LogP contribution in [-0.2, 0) is 16.8 Å². The number of nitrogens with one attached hydrogen (secondary N) is 1. The molecule has 4 rings (SSSR count). The summed E-state index contributed by atoms with van der Waals surface area (Å²) in [5.41, 5.74) is 3.81. The normalized spacial score (nSPS) is 20.2. The lowest BCUT2D eigenvalue weighted by atomic mass is 9.83. The van der Waals surface area contributed by atoms with E-state index in [2.05, 4.69) is 50.1 Å². The molecule has 2 aliphatic heterocycles. The molecule has 0 atom stereocenters. The lowest BCUT2D eigenvalue weighted by Gasteiger charge is -2.43. The van der Waals surface area contributed by atoms with E-state index in [1.54, 1.807) is 0 Å². The Balaban J connectivity index is 1.59. The molecule has 3 heterocycles. The van der Waals surface area contributed by atoms with Gasteiger partial charge in [-0.25, -0.2) is 0 Å². The first kappa shape index (κ1) is 16.1. The minimum absolute atomic E-state index is 0.148. The van der Waals surface area contributed by atoms with Crippen LogP contribution >= 0.6 is 15.9 Å². The van der Waals surface area contributed by atoms with E-state index in [1.807, 2.05) is 0 Å². The molecular weight excluding hydrogens is 366 g/mol. The van der Waals surface area contributed by atoms with Gasteiger partial charge in [-0.05, 0) is 56.0 Å². The van der Waals surface area contributed by atoms with Crippen molar-refractivity contribution in [1.82, 2.24) is 9.88 Å². The Hall–Kier alpha value is -1.35. The molecule has 0 amide bonds. The third-order valence-electron chi connectivity index (χ3n) is 5.48. The maximum atomic E-state index is 8.70. The van der Waals surface area contributed by atoms with E-state index >= 15 is 0 Å². The van der Waals surface area contributed by atoms with Crippen LogP contribution in [0.1, 0.15) is 36.9 Å². The van der Waals surface area contributed by atoms with Crippen LogP contribution in [0.25, 0.3) is 10.9 Å². The second-order valence-corrected chi connectivity index (χ2v) is 7.78. The number of aromatic amines is 1. The number of fused-ring (bicyclic) bond motifs is 4. The molecular formula is C19H22BrN3O.